The molecular weight excluding hydrogens is 425 g/mol. The average Bonchev–Trinajstić information content (AvgIpc) is 3.22. The molecule has 0 amide bonds. The summed E-state index contributed by atoms with van der Waals surface area (Å²) in [4.78, 5) is 21.3. The van der Waals surface area contributed by atoms with Crippen molar-refractivity contribution in [3.63, 3.8) is 0 Å². The number of nitrogens with one attached hydrogen (secondary N) is 1. The van der Waals surface area contributed by atoms with Gasteiger partial charge in [-0.15, -0.1) is 0 Å². The Balaban J connectivity index is 1.88. The second-order valence-electron chi connectivity index (χ2n) is 7.83. The third-order valence-corrected chi connectivity index (χ3v) is 4.83. The van der Waals surface area contributed by atoms with E-state index < -0.39 is 23.3 Å². The number of aromatic amines is 1. The first-order chi connectivity index (χ1) is 14.9. The van der Waals surface area contributed by atoms with Crippen molar-refractivity contribution < 1.29 is 27.8 Å². The third kappa shape index (κ3) is 4.72. The number of aliphatic carboxylic acids is 1. The molecule has 7 nitrogen and oxygen atoms in total. The first-order valence-electron chi connectivity index (χ1n) is 9.42. The Bertz CT molecular complexity index is 1210. The maximum absolute atomic E-state index is 12.8. The maximum Gasteiger partial charge on any atom is 0.432 e. The largest absolute Gasteiger partial charge is 0.481 e. The molecule has 166 valence electrons. The van der Waals surface area contributed by atoms with Crippen LogP contribution >= 0.6 is 0 Å². The van der Waals surface area contributed by atoms with E-state index >= 15 is 0 Å². The zero-order valence-electron chi connectivity index (χ0n) is 17.4. The van der Waals surface area contributed by atoms with E-state index in [1.54, 1.807) is 25.1 Å². The molecule has 3 rings (SSSR count). The van der Waals surface area contributed by atoms with Crippen LogP contribution in [0.15, 0.2) is 36.7 Å². The number of H-pyrrole nitrogens is 1. The smallest absolute Gasteiger partial charge is 0.432 e. The molecule has 0 radical (unpaired) electrons. The van der Waals surface area contributed by atoms with Gasteiger partial charge >= 0.3 is 12.1 Å². The maximum atomic E-state index is 12.8. The number of carboxylic acids is 1. The van der Waals surface area contributed by atoms with Gasteiger partial charge in [0.2, 0.25) is 5.88 Å². The Morgan fingerprint density at radius 3 is 2.47 bits per heavy atom. The van der Waals surface area contributed by atoms with Crippen molar-refractivity contribution in [2.75, 3.05) is 6.61 Å². The molecule has 0 spiro atoms. The third-order valence-electron chi connectivity index (χ3n) is 4.83. The van der Waals surface area contributed by atoms with E-state index in [0.29, 0.717) is 17.3 Å². The first kappa shape index (κ1) is 22.8. The summed E-state index contributed by atoms with van der Waals surface area (Å²) in [5.74, 6) is -0.790. The molecule has 0 unspecified atom stereocenters. The molecule has 0 aliphatic carbocycles. The quantitative estimate of drug-likeness (QED) is 0.563. The molecule has 2 aromatic heterocycles. The summed E-state index contributed by atoms with van der Waals surface area (Å²) in [6.45, 7) is 4.81. The van der Waals surface area contributed by atoms with Crippen molar-refractivity contribution in [1.82, 2.24) is 15.0 Å². The van der Waals surface area contributed by atoms with Crippen molar-refractivity contribution in [3.8, 4) is 34.5 Å². The standard InChI is InChI=1S/C22H19F3N4O3/c1-12-6-18(32-11-21(2,3)20(30)31)27-9-16(12)13-4-5-15(14(7-13)8-26)19-28-10-17(29-19)22(23,24)25/h4-7,9-10H,11H2,1-3H3,(H,28,29)(H,30,31). The Labute approximate surface area is 181 Å². The number of hydrogen-bond donors (Lipinski definition) is 2. The van der Waals surface area contributed by atoms with Gasteiger partial charge in [-0.05, 0) is 44.0 Å². The van der Waals surface area contributed by atoms with Crippen LogP contribution in [0.4, 0.5) is 13.2 Å². The highest BCUT2D eigenvalue weighted by molar-refractivity contribution is 5.75. The van der Waals surface area contributed by atoms with Gasteiger partial charge in [0.25, 0.3) is 0 Å². The molecule has 2 N–H and O–H groups in total. The highest BCUT2D eigenvalue weighted by atomic mass is 19.4. The number of hydrogen-bond acceptors (Lipinski definition) is 5. The molecule has 0 aliphatic rings. The minimum atomic E-state index is -4.57. The SMILES string of the molecule is Cc1cc(OCC(C)(C)C(=O)O)ncc1-c1ccc(-c2ncc(C(F)(F)F)[nH]2)c(C#N)c1. The number of benzene rings is 1. The fourth-order valence-corrected chi connectivity index (χ4v) is 2.84. The van der Waals surface area contributed by atoms with Crippen LogP contribution in [0.25, 0.3) is 22.5 Å². The molecule has 0 fully saturated rings. The number of aryl methyl sites for hydroxylation is 1. The molecule has 0 bridgehead atoms. The van der Waals surface area contributed by atoms with Gasteiger partial charge in [-0.1, -0.05) is 6.07 Å². The lowest BCUT2D eigenvalue weighted by atomic mass is 9.95. The van der Waals surface area contributed by atoms with Crippen LogP contribution in [0.5, 0.6) is 5.88 Å². The lowest BCUT2D eigenvalue weighted by molar-refractivity contribution is -0.148. The van der Waals surface area contributed by atoms with Crippen molar-refractivity contribution >= 4 is 5.97 Å². The summed E-state index contributed by atoms with van der Waals surface area (Å²) >= 11 is 0. The molecule has 10 heteroatoms. The second kappa shape index (κ2) is 8.34. The van der Waals surface area contributed by atoms with Crippen molar-refractivity contribution in [2.24, 2.45) is 5.41 Å². The van der Waals surface area contributed by atoms with Crippen LogP contribution in [0.2, 0.25) is 0 Å². The number of ether oxygens (including phenoxy) is 1. The molecule has 0 saturated heterocycles. The molecule has 3 aromatic rings. The first-order valence-corrected chi connectivity index (χ1v) is 9.42. The molecule has 2 heterocycles. The van der Waals surface area contributed by atoms with Crippen LogP contribution in [0.3, 0.4) is 0 Å². The zero-order chi connectivity index (χ0) is 23.7. The van der Waals surface area contributed by atoms with Gasteiger partial charge < -0.3 is 14.8 Å². The average molecular weight is 444 g/mol. The normalized spacial score (nSPS) is 11.8. The topological polar surface area (TPSA) is 112 Å². The van der Waals surface area contributed by atoms with Crippen LogP contribution < -0.4 is 4.74 Å². The summed E-state index contributed by atoms with van der Waals surface area (Å²) in [5.41, 5.74) is 0.397. The van der Waals surface area contributed by atoms with Crippen LogP contribution in [0.1, 0.15) is 30.7 Å². The Hall–Kier alpha value is -3.87. The van der Waals surface area contributed by atoms with Crippen molar-refractivity contribution in [3.05, 3.63) is 53.5 Å². The summed E-state index contributed by atoms with van der Waals surface area (Å²) < 4.78 is 44.0. The molecule has 32 heavy (non-hydrogen) atoms. The van der Waals surface area contributed by atoms with Crippen LogP contribution in [-0.2, 0) is 11.0 Å². The zero-order valence-corrected chi connectivity index (χ0v) is 17.4. The number of nitrogens with zero attached hydrogens (tertiary/aromatic N) is 3. The number of pyridine rings is 1. The van der Waals surface area contributed by atoms with Crippen LogP contribution in [0, 0.1) is 23.7 Å². The molecule has 1 aromatic carbocycles. The van der Waals surface area contributed by atoms with Gasteiger partial charge in [0, 0.05) is 23.4 Å². The molecule has 0 aliphatic heterocycles. The molecule has 0 saturated carbocycles. The van der Waals surface area contributed by atoms with Crippen LogP contribution in [-0.4, -0.2) is 32.6 Å². The number of carbonyl (C=O) groups is 1. The van der Waals surface area contributed by atoms with E-state index in [-0.39, 0.29) is 29.4 Å². The number of carboxylic acid groups (broad SMARTS) is 1. The Morgan fingerprint density at radius 2 is 1.91 bits per heavy atom. The van der Waals surface area contributed by atoms with E-state index in [1.807, 2.05) is 6.07 Å². The lowest BCUT2D eigenvalue weighted by Crippen LogP contribution is -2.30. The number of rotatable bonds is 6. The van der Waals surface area contributed by atoms with Gasteiger partial charge in [-0.25, -0.2) is 9.97 Å². The molecular formula is C22H19F3N4O3. The predicted molar refractivity (Wildman–Crippen MR) is 109 cm³/mol. The highest BCUT2D eigenvalue weighted by Crippen LogP contribution is 2.33. The fourth-order valence-electron chi connectivity index (χ4n) is 2.84. The summed E-state index contributed by atoms with van der Waals surface area (Å²) in [6.07, 6.45) is -2.35. The van der Waals surface area contributed by atoms with Gasteiger partial charge in [-0.2, -0.15) is 18.4 Å². The number of imidazole rings is 1. The Kier molecular flexibility index (Phi) is 5.94. The van der Waals surface area contributed by atoms with Crippen molar-refractivity contribution in [2.45, 2.75) is 26.9 Å². The number of halogens is 3. The lowest BCUT2D eigenvalue weighted by Gasteiger charge is -2.19. The summed E-state index contributed by atoms with van der Waals surface area (Å²) in [6, 6.07) is 8.36. The summed E-state index contributed by atoms with van der Waals surface area (Å²) in [7, 11) is 0. The van der Waals surface area contributed by atoms with Gasteiger partial charge in [0.1, 0.15) is 18.1 Å². The minimum Gasteiger partial charge on any atom is -0.481 e. The summed E-state index contributed by atoms with van der Waals surface area (Å²) in [5, 5.41) is 18.7. The fraction of sp³-hybridized carbons (Fsp3) is 0.273. The Morgan fingerprint density at radius 1 is 1.19 bits per heavy atom. The van der Waals surface area contributed by atoms with E-state index in [4.69, 9.17) is 4.74 Å². The number of alkyl halides is 3. The number of nitriles is 1. The van der Waals surface area contributed by atoms with E-state index in [2.05, 4.69) is 15.0 Å². The monoisotopic (exact) mass is 444 g/mol. The van der Waals surface area contributed by atoms with Gasteiger partial charge in [0.05, 0.1) is 23.2 Å². The highest BCUT2D eigenvalue weighted by Gasteiger charge is 2.33. The van der Waals surface area contributed by atoms with Gasteiger partial charge in [0.15, 0.2) is 0 Å². The van der Waals surface area contributed by atoms with E-state index in [0.717, 1.165) is 5.56 Å². The predicted octanol–water partition coefficient (Wildman–Crippen LogP) is 4.83. The minimum absolute atomic E-state index is 0.0555. The number of aromatic nitrogens is 3. The van der Waals surface area contributed by atoms with Crippen molar-refractivity contribution in [1.29, 1.82) is 5.26 Å². The van der Waals surface area contributed by atoms with E-state index in [9.17, 15) is 28.3 Å². The van der Waals surface area contributed by atoms with Gasteiger partial charge in [-0.3, -0.25) is 4.79 Å². The van der Waals surface area contributed by atoms with E-state index in [1.165, 1.54) is 26.1 Å². The second-order valence-corrected chi connectivity index (χ2v) is 7.83. The molecule has 0 atom stereocenters.